The number of benzene rings is 11. The number of fused-ring (bicyclic) bond motifs is 6. The van der Waals surface area contributed by atoms with Crippen molar-refractivity contribution in [2.75, 3.05) is 0 Å². The van der Waals surface area contributed by atoms with Crippen molar-refractivity contribution in [2.24, 2.45) is 0 Å². The highest BCUT2D eigenvalue weighted by Crippen LogP contribution is 2.48. The van der Waals surface area contributed by atoms with Gasteiger partial charge in [0.25, 0.3) is 0 Å². The van der Waals surface area contributed by atoms with Gasteiger partial charge in [0.2, 0.25) is 0 Å². The van der Waals surface area contributed by atoms with E-state index in [2.05, 4.69) is 188 Å². The van der Waals surface area contributed by atoms with Gasteiger partial charge in [-0.25, -0.2) is 15.0 Å². The van der Waals surface area contributed by atoms with Crippen molar-refractivity contribution in [1.29, 1.82) is 5.26 Å². The summed E-state index contributed by atoms with van der Waals surface area (Å²) >= 11 is 0. The first-order valence-electron chi connectivity index (χ1n) is 22.9. The summed E-state index contributed by atoms with van der Waals surface area (Å²) in [6.45, 7) is 0. The zero-order chi connectivity index (χ0) is 45.1. The standard InChI is InChI=1S/C64H38N4/c65-39-51-30-29-44(36-58(51)46-20-8-18-42(33-46)45-31-32-55-56-27-11-16-40-17-12-28-57(61(40)56)60(55)37-45)43-19-9-22-49(34-43)63-66-62(41-13-2-1-3-14-41)67-64(68-63)50-23-10-21-47(35-50)59-38-48-15-4-5-24-52(48)53-25-6-7-26-54(53)59/h1-38H. The molecular formula is C64H38N4. The molecule has 4 heteroatoms. The highest BCUT2D eigenvalue weighted by atomic mass is 15.0. The van der Waals surface area contributed by atoms with Crippen molar-refractivity contribution in [3.63, 3.8) is 0 Å². The van der Waals surface area contributed by atoms with Crippen LogP contribution in [0.5, 0.6) is 0 Å². The quantitative estimate of drug-likeness (QED) is 0.150. The third-order valence-electron chi connectivity index (χ3n) is 13.5. The maximum atomic E-state index is 10.4. The van der Waals surface area contributed by atoms with Crippen LogP contribution >= 0.6 is 0 Å². The number of nitriles is 1. The normalized spacial score (nSPS) is 11.5. The van der Waals surface area contributed by atoms with Crippen molar-refractivity contribution >= 4 is 32.3 Å². The van der Waals surface area contributed by atoms with Crippen molar-refractivity contribution in [1.82, 2.24) is 15.0 Å². The van der Waals surface area contributed by atoms with Gasteiger partial charge in [0.1, 0.15) is 0 Å². The predicted molar refractivity (Wildman–Crippen MR) is 280 cm³/mol. The Morgan fingerprint density at radius 1 is 0.265 bits per heavy atom. The predicted octanol–water partition coefficient (Wildman–Crippen LogP) is 16.5. The first kappa shape index (κ1) is 39.1. The van der Waals surface area contributed by atoms with Crippen LogP contribution in [0.25, 0.3) is 133 Å². The van der Waals surface area contributed by atoms with Crippen LogP contribution in [-0.4, -0.2) is 15.0 Å². The van der Waals surface area contributed by atoms with Crippen LogP contribution in [0, 0.1) is 11.3 Å². The maximum Gasteiger partial charge on any atom is 0.164 e. The van der Waals surface area contributed by atoms with Crippen molar-refractivity contribution in [2.45, 2.75) is 0 Å². The van der Waals surface area contributed by atoms with Gasteiger partial charge in [0.15, 0.2) is 17.5 Å². The summed E-state index contributed by atoms with van der Waals surface area (Å²) in [4.78, 5) is 15.4. The Labute approximate surface area is 393 Å². The van der Waals surface area contributed by atoms with Crippen molar-refractivity contribution < 1.29 is 0 Å². The second kappa shape index (κ2) is 16.0. The van der Waals surface area contributed by atoms with E-state index in [9.17, 15) is 5.26 Å². The van der Waals surface area contributed by atoms with E-state index in [1.807, 2.05) is 48.5 Å². The maximum absolute atomic E-state index is 10.4. The second-order valence-corrected chi connectivity index (χ2v) is 17.4. The molecule has 0 amide bonds. The summed E-state index contributed by atoms with van der Waals surface area (Å²) in [5, 5.41) is 17.9. The fourth-order valence-electron chi connectivity index (χ4n) is 10.2. The first-order chi connectivity index (χ1) is 33.6. The van der Waals surface area contributed by atoms with Gasteiger partial charge >= 0.3 is 0 Å². The Morgan fingerprint density at radius 3 is 1.44 bits per heavy atom. The van der Waals surface area contributed by atoms with Gasteiger partial charge in [-0.15, -0.1) is 0 Å². The first-order valence-corrected chi connectivity index (χ1v) is 22.9. The van der Waals surface area contributed by atoms with Gasteiger partial charge in [0.05, 0.1) is 11.6 Å². The van der Waals surface area contributed by atoms with E-state index < -0.39 is 0 Å². The third-order valence-corrected chi connectivity index (χ3v) is 13.5. The molecule has 0 unspecified atom stereocenters. The molecule has 0 fully saturated rings. The fraction of sp³-hybridized carbons (Fsp3) is 0. The molecule has 0 atom stereocenters. The molecule has 0 spiro atoms. The Bertz CT molecular complexity index is 4050. The molecule has 0 aliphatic heterocycles. The van der Waals surface area contributed by atoms with Crippen LogP contribution in [0.2, 0.25) is 0 Å². The molecule has 1 heterocycles. The van der Waals surface area contributed by atoms with E-state index in [-0.39, 0.29) is 0 Å². The summed E-state index contributed by atoms with van der Waals surface area (Å²) in [6.07, 6.45) is 0. The Balaban J connectivity index is 0.876. The minimum Gasteiger partial charge on any atom is -0.208 e. The molecule has 12 aromatic rings. The van der Waals surface area contributed by atoms with Crippen LogP contribution in [0.4, 0.5) is 0 Å². The van der Waals surface area contributed by atoms with E-state index in [1.165, 1.54) is 54.6 Å². The number of hydrogen-bond donors (Lipinski definition) is 0. The molecule has 1 aliphatic carbocycles. The van der Waals surface area contributed by atoms with Gasteiger partial charge in [0, 0.05) is 22.3 Å². The lowest BCUT2D eigenvalue weighted by molar-refractivity contribution is 1.07. The highest BCUT2D eigenvalue weighted by Gasteiger charge is 2.22. The Kier molecular flexibility index (Phi) is 9.20. The zero-order valence-corrected chi connectivity index (χ0v) is 36.7. The van der Waals surface area contributed by atoms with Gasteiger partial charge in [-0.2, -0.15) is 5.26 Å². The Hall–Kier alpha value is -9.30. The van der Waals surface area contributed by atoms with Gasteiger partial charge < -0.3 is 0 Å². The summed E-state index contributed by atoms with van der Waals surface area (Å²) in [7, 11) is 0. The van der Waals surface area contributed by atoms with E-state index in [0.29, 0.717) is 23.0 Å². The minimum atomic E-state index is 0.576. The molecule has 0 bridgehead atoms. The van der Waals surface area contributed by atoms with Crippen LogP contribution in [0.15, 0.2) is 231 Å². The lowest BCUT2D eigenvalue weighted by atomic mass is 9.91. The summed E-state index contributed by atoms with van der Waals surface area (Å²) < 4.78 is 0. The molecule has 11 aromatic carbocycles. The Morgan fingerprint density at radius 2 is 0.735 bits per heavy atom. The van der Waals surface area contributed by atoms with Crippen molar-refractivity contribution in [3.05, 3.63) is 236 Å². The second-order valence-electron chi connectivity index (χ2n) is 17.4. The van der Waals surface area contributed by atoms with E-state index in [4.69, 9.17) is 15.0 Å². The van der Waals surface area contributed by atoms with E-state index >= 15 is 0 Å². The zero-order valence-electron chi connectivity index (χ0n) is 36.7. The molecule has 1 aliphatic rings. The van der Waals surface area contributed by atoms with Crippen LogP contribution in [-0.2, 0) is 0 Å². The summed E-state index contributed by atoms with van der Waals surface area (Å²) in [5.41, 5.74) is 16.7. The third kappa shape index (κ3) is 6.65. The van der Waals surface area contributed by atoms with Gasteiger partial charge in [-0.1, -0.05) is 188 Å². The average Bonchev–Trinajstić information content (AvgIpc) is 3.74. The lowest BCUT2D eigenvalue weighted by Crippen LogP contribution is -2.00. The number of aromatic nitrogens is 3. The van der Waals surface area contributed by atoms with Crippen LogP contribution in [0.3, 0.4) is 0 Å². The molecule has 0 radical (unpaired) electrons. The van der Waals surface area contributed by atoms with E-state index in [1.54, 1.807) is 0 Å². The summed E-state index contributed by atoms with van der Waals surface area (Å²) in [6, 6.07) is 83.4. The SMILES string of the molecule is N#Cc1ccc(-c2cccc(-c3nc(-c4ccccc4)nc(-c4cccc(-c5cc6ccccc6c6ccccc56)c4)n3)c2)cc1-c1cccc(-c2ccc3c(c2)-c2cccc4cccc-3c24)c1. The largest absolute Gasteiger partial charge is 0.208 e. The molecule has 13 rings (SSSR count). The average molecular weight is 863 g/mol. The molecule has 68 heavy (non-hydrogen) atoms. The van der Waals surface area contributed by atoms with E-state index in [0.717, 1.165) is 61.2 Å². The molecule has 1 aromatic heterocycles. The number of hydrogen-bond acceptors (Lipinski definition) is 4. The molecule has 0 N–H and O–H groups in total. The summed E-state index contributed by atoms with van der Waals surface area (Å²) in [5.74, 6) is 1.77. The van der Waals surface area contributed by atoms with Crippen LogP contribution in [0.1, 0.15) is 5.56 Å². The number of nitrogens with zero attached hydrogens (tertiary/aromatic N) is 4. The monoisotopic (exact) mass is 862 g/mol. The highest BCUT2D eigenvalue weighted by molar-refractivity contribution is 6.16. The molecular weight excluding hydrogens is 825 g/mol. The van der Waals surface area contributed by atoms with Gasteiger partial charge in [-0.3, -0.25) is 0 Å². The van der Waals surface area contributed by atoms with Crippen LogP contribution < -0.4 is 0 Å². The molecule has 4 nitrogen and oxygen atoms in total. The van der Waals surface area contributed by atoms with Crippen molar-refractivity contribution in [3.8, 4) is 107 Å². The smallest absolute Gasteiger partial charge is 0.164 e. The lowest BCUT2D eigenvalue weighted by Gasteiger charge is -2.13. The molecule has 0 saturated carbocycles. The number of rotatable bonds is 7. The fourth-order valence-corrected chi connectivity index (χ4v) is 10.2. The topological polar surface area (TPSA) is 62.5 Å². The molecule has 314 valence electrons. The minimum absolute atomic E-state index is 0.576. The molecule has 0 saturated heterocycles. The van der Waals surface area contributed by atoms with Gasteiger partial charge in [-0.05, 0) is 136 Å².